The van der Waals surface area contributed by atoms with Crippen LogP contribution in [0.2, 0.25) is 0 Å². The second-order valence-corrected chi connectivity index (χ2v) is 7.06. The van der Waals surface area contributed by atoms with Crippen LogP contribution in [0, 0.1) is 24.2 Å². The molecule has 4 heteroatoms. The van der Waals surface area contributed by atoms with Gasteiger partial charge in [0.25, 0.3) is 0 Å². The molecule has 2 aromatic rings. The Kier molecular flexibility index (Phi) is 6.04. The van der Waals surface area contributed by atoms with E-state index in [0.717, 1.165) is 43.7 Å². The van der Waals surface area contributed by atoms with Gasteiger partial charge in [-0.05, 0) is 56.1 Å². The maximum absolute atomic E-state index is 12.5. The smallest absolute Gasteiger partial charge is 0.227 e. The predicted octanol–water partition coefficient (Wildman–Crippen LogP) is 3.91. The average Bonchev–Trinajstić information content (AvgIpc) is 2.66. The minimum Gasteiger partial charge on any atom is -0.326 e. The minimum absolute atomic E-state index is 0.0723. The van der Waals surface area contributed by atoms with E-state index in [0.29, 0.717) is 6.42 Å². The first-order valence-electron chi connectivity index (χ1n) is 9.18. The average molecular weight is 347 g/mol. The number of hydrogen-bond donors (Lipinski definition) is 1. The van der Waals surface area contributed by atoms with E-state index in [1.54, 1.807) is 0 Å². The first kappa shape index (κ1) is 18.2. The van der Waals surface area contributed by atoms with Crippen LogP contribution in [-0.4, -0.2) is 23.9 Å². The number of nitriles is 1. The zero-order valence-corrected chi connectivity index (χ0v) is 15.2. The van der Waals surface area contributed by atoms with Crippen molar-refractivity contribution in [1.29, 1.82) is 5.26 Å². The Bertz CT molecular complexity index is 767. The third-order valence-corrected chi connectivity index (χ3v) is 4.99. The molecule has 1 fully saturated rings. The van der Waals surface area contributed by atoms with Crippen LogP contribution in [0.3, 0.4) is 0 Å². The van der Waals surface area contributed by atoms with Gasteiger partial charge in [-0.3, -0.25) is 9.69 Å². The van der Waals surface area contributed by atoms with Crippen LogP contribution < -0.4 is 5.32 Å². The maximum Gasteiger partial charge on any atom is 0.227 e. The van der Waals surface area contributed by atoms with Crippen molar-refractivity contribution in [3.63, 3.8) is 0 Å². The van der Waals surface area contributed by atoms with Crippen molar-refractivity contribution in [2.75, 3.05) is 18.4 Å². The molecule has 0 saturated carbocycles. The second kappa shape index (κ2) is 8.64. The molecule has 0 atom stereocenters. The SMILES string of the molecule is Cc1ccc(CN2CCC(C(=O)Nc3ccc(CC#N)cc3)CC2)cc1. The molecule has 0 spiro atoms. The first-order valence-corrected chi connectivity index (χ1v) is 9.18. The molecule has 134 valence electrons. The van der Waals surface area contributed by atoms with Crippen molar-refractivity contribution >= 4 is 11.6 Å². The summed E-state index contributed by atoms with van der Waals surface area (Å²) in [6, 6.07) is 18.3. The Hall–Kier alpha value is -2.64. The van der Waals surface area contributed by atoms with E-state index in [9.17, 15) is 4.79 Å². The summed E-state index contributed by atoms with van der Waals surface area (Å²) in [5, 5.41) is 11.7. The van der Waals surface area contributed by atoms with Gasteiger partial charge < -0.3 is 5.32 Å². The number of benzene rings is 2. The summed E-state index contributed by atoms with van der Waals surface area (Å²) in [6.45, 7) is 4.96. The Labute approximate surface area is 155 Å². The van der Waals surface area contributed by atoms with Gasteiger partial charge in [-0.25, -0.2) is 0 Å². The molecule has 1 heterocycles. The van der Waals surface area contributed by atoms with Crippen LogP contribution in [0.5, 0.6) is 0 Å². The highest BCUT2D eigenvalue weighted by molar-refractivity contribution is 5.92. The maximum atomic E-state index is 12.5. The number of nitrogens with zero attached hydrogens (tertiary/aromatic N) is 2. The van der Waals surface area contributed by atoms with Crippen LogP contribution in [0.25, 0.3) is 0 Å². The molecule has 0 unspecified atom stereocenters. The van der Waals surface area contributed by atoms with Gasteiger partial charge in [0, 0.05) is 18.2 Å². The van der Waals surface area contributed by atoms with E-state index < -0.39 is 0 Å². The number of carbonyl (C=O) groups is 1. The summed E-state index contributed by atoms with van der Waals surface area (Å²) in [5.74, 6) is 0.177. The van der Waals surface area contributed by atoms with Gasteiger partial charge in [0.15, 0.2) is 0 Å². The number of aryl methyl sites for hydroxylation is 1. The molecule has 26 heavy (non-hydrogen) atoms. The number of amides is 1. The Morgan fingerprint density at radius 1 is 1.08 bits per heavy atom. The topological polar surface area (TPSA) is 56.1 Å². The van der Waals surface area contributed by atoms with Crippen LogP contribution in [-0.2, 0) is 17.8 Å². The molecule has 0 bridgehead atoms. The van der Waals surface area contributed by atoms with E-state index in [1.165, 1.54) is 11.1 Å². The van der Waals surface area contributed by atoms with E-state index in [2.05, 4.69) is 47.5 Å². The number of hydrogen-bond acceptors (Lipinski definition) is 3. The van der Waals surface area contributed by atoms with E-state index in [1.807, 2.05) is 24.3 Å². The summed E-state index contributed by atoms with van der Waals surface area (Å²) in [6.07, 6.45) is 2.18. The minimum atomic E-state index is 0.0723. The predicted molar refractivity (Wildman–Crippen MR) is 104 cm³/mol. The molecule has 1 N–H and O–H groups in total. The van der Waals surface area contributed by atoms with Crippen LogP contribution in [0.4, 0.5) is 5.69 Å². The number of anilines is 1. The van der Waals surface area contributed by atoms with Gasteiger partial charge in [-0.2, -0.15) is 5.26 Å². The largest absolute Gasteiger partial charge is 0.326 e. The lowest BCUT2D eigenvalue weighted by molar-refractivity contribution is -0.121. The fourth-order valence-electron chi connectivity index (χ4n) is 3.35. The third kappa shape index (κ3) is 4.93. The summed E-state index contributed by atoms with van der Waals surface area (Å²) in [7, 11) is 0. The lowest BCUT2D eigenvalue weighted by atomic mass is 9.95. The van der Waals surface area contributed by atoms with Gasteiger partial charge in [-0.15, -0.1) is 0 Å². The van der Waals surface area contributed by atoms with Crippen molar-refractivity contribution < 1.29 is 4.79 Å². The molecule has 1 aliphatic heterocycles. The van der Waals surface area contributed by atoms with Crippen molar-refractivity contribution in [3.8, 4) is 6.07 Å². The molecule has 0 radical (unpaired) electrons. The van der Waals surface area contributed by atoms with Crippen molar-refractivity contribution in [3.05, 3.63) is 65.2 Å². The highest BCUT2D eigenvalue weighted by Gasteiger charge is 2.25. The van der Waals surface area contributed by atoms with Crippen LogP contribution in [0.15, 0.2) is 48.5 Å². The fourth-order valence-corrected chi connectivity index (χ4v) is 3.35. The Morgan fingerprint density at radius 3 is 2.31 bits per heavy atom. The molecule has 1 saturated heterocycles. The molecule has 2 aromatic carbocycles. The Balaban J connectivity index is 1.47. The zero-order valence-electron chi connectivity index (χ0n) is 15.2. The van der Waals surface area contributed by atoms with Gasteiger partial charge in [0.2, 0.25) is 5.91 Å². The number of carbonyl (C=O) groups excluding carboxylic acids is 1. The summed E-state index contributed by atoms with van der Waals surface area (Å²) in [4.78, 5) is 14.9. The normalized spacial score (nSPS) is 15.4. The standard InChI is InChI=1S/C22H25N3O/c1-17-2-4-19(5-3-17)16-25-14-11-20(12-15-25)22(26)24-21-8-6-18(7-9-21)10-13-23/h2-9,20H,10-12,14-16H2,1H3,(H,24,26). The molecule has 0 aliphatic carbocycles. The second-order valence-electron chi connectivity index (χ2n) is 7.06. The Morgan fingerprint density at radius 2 is 1.69 bits per heavy atom. The lowest BCUT2D eigenvalue weighted by Gasteiger charge is -2.31. The molecule has 1 amide bonds. The molecule has 4 nitrogen and oxygen atoms in total. The third-order valence-electron chi connectivity index (χ3n) is 4.99. The first-order chi connectivity index (χ1) is 12.6. The highest BCUT2D eigenvalue weighted by Crippen LogP contribution is 2.21. The molecular weight excluding hydrogens is 322 g/mol. The van der Waals surface area contributed by atoms with Crippen LogP contribution >= 0.6 is 0 Å². The monoisotopic (exact) mass is 347 g/mol. The number of piperidine rings is 1. The van der Waals surface area contributed by atoms with Crippen molar-refractivity contribution in [2.45, 2.75) is 32.7 Å². The summed E-state index contributed by atoms with van der Waals surface area (Å²) < 4.78 is 0. The molecule has 3 rings (SSSR count). The van der Waals surface area contributed by atoms with E-state index in [-0.39, 0.29) is 11.8 Å². The van der Waals surface area contributed by atoms with E-state index >= 15 is 0 Å². The molecular formula is C22H25N3O. The molecule has 1 aliphatic rings. The van der Waals surface area contributed by atoms with Gasteiger partial charge in [0.1, 0.15) is 0 Å². The fraction of sp³-hybridized carbons (Fsp3) is 0.364. The van der Waals surface area contributed by atoms with Crippen molar-refractivity contribution in [1.82, 2.24) is 4.90 Å². The summed E-state index contributed by atoms with van der Waals surface area (Å²) >= 11 is 0. The van der Waals surface area contributed by atoms with Gasteiger partial charge >= 0.3 is 0 Å². The zero-order chi connectivity index (χ0) is 18.4. The molecule has 0 aromatic heterocycles. The highest BCUT2D eigenvalue weighted by atomic mass is 16.1. The van der Waals surface area contributed by atoms with Crippen LogP contribution in [0.1, 0.15) is 29.5 Å². The number of likely N-dealkylation sites (tertiary alicyclic amines) is 1. The number of rotatable bonds is 5. The number of nitrogens with one attached hydrogen (secondary N) is 1. The van der Waals surface area contributed by atoms with Gasteiger partial charge in [-0.1, -0.05) is 42.0 Å². The van der Waals surface area contributed by atoms with E-state index in [4.69, 9.17) is 5.26 Å². The van der Waals surface area contributed by atoms with Crippen molar-refractivity contribution in [2.24, 2.45) is 5.92 Å². The quantitative estimate of drug-likeness (QED) is 0.892. The summed E-state index contributed by atoms with van der Waals surface area (Å²) in [5.41, 5.74) is 4.38. The lowest BCUT2D eigenvalue weighted by Crippen LogP contribution is -2.37. The van der Waals surface area contributed by atoms with Gasteiger partial charge in [0.05, 0.1) is 12.5 Å².